The molecule has 0 saturated carbocycles. The monoisotopic (exact) mass is 259 g/mol. The summed E-state index contributed by atoms with van der Waals surface area (Å²) in [5.74, 6) is 1.53. The van der Waals surface area contributed by atoms with Crippen LogP contribution < -0.4 is 5.32 Å². The summed E-state index contributed by atoms with van der Waals surface area (Å²) >= 11 is 0. The van der Waals surface area contributed by atoms with E-state index in [9.17, 15) is 0 Å². The lowest BCUT2D eigenvalue weighted by Gasteiger charge is -2.14. The Morgan fingerprint density at radius 3 is 2.74 bits per heavy atom. The number of nitrogens with one attached hydrogen (secondary N) is 1. The van der Waals surface area contributed by atoms with E-state index >= 15 is 0 Å². The molecule has 0 amide bonds. The SMILES string of the molecule is CC(C)Cn1ncnc1CN[C@@H](C)c1ccccn1. The minimum atomic E-state index is 0.199. The molecule has 5 nitrogen and oxygen atoms in total. The Hall–Kier alpha value is -1.75. The maximum Gasteiger partial charge on any atom is 0.140 e. The van der Waals surface area contributed by atoms with Crippen LogP contribution >= 0.6 is 0 Å². The van der Waals surface area contributed by atoms with Gasteiger partial charge in [0.25, 0.3) is 0 Å². The van der Waals surface area contributed by atoms with Crippen LogP contribution in [0, 0.1) is 5.92 Å². The maximum absolute atomic E-state index is 4.34. The fourth-order valence-corrected chi connectivity index (χ4v) is 1.90. The summed E-state index contributed by atoms with van der Waals surface area (Å²) in [5.41, 5.74) is 1.04. The van der Waals surface area contributed by atoms with E-state index in [1.807, 2.05) is 29.1 Å². The molecule has 102 valence electrons. The van der Waals surface area contributed by atoms with Crippen LogP contribution in [0.25, 0.3) is 0 Å². The fourth-order valence-electron chi connectivity index (χ4n) is 1.90. The van der Waals surface area contributed by atoms with E-state index in [1.54, 1.807) is 6.33 Å². The molecular formula is C14H21N5. The molecule has 0 aliphatic heterocycles. The van der Waals surface area contributed by atoms with Crippen molar-refractivity contribution in [2.24, 2.45) is 5.92 Å². The second kappa shape index (κ2) is 6.43. The van der Waals surface area contributed by atoms with Crippen molar-refractivity contribution in [2.75, 3.05) is 0 Å². The first kappa shape index (κ1) is 13.7. The predicted octanol–water partition coefficient (Wildman–Crippen LogP) is 2.18. The molecule has 0 fully saturated rings. The van der Waals surface area contributed by atoms with Gasteiger partial charge in [0.1, 0.15) is 12.2 Å². The molecule has 0 spiro atoms. The van der Waals surface area contributed by atoms with Crippen LogP contribution in [0.1, 0.15) is 38.3 Å². The van der Waals surface area contributed by atoms with Crippen LogP contribution in [0.15, 0.2) is 30.7 Å². The summed E-state index contributed by atoms with van der Waals surface area (Å²) in [6, 6.07) is 6.15. The van der Waals surface area contributed by atoms with Crippen molar-refractivity contribution in [3.63, 3.8) is 0 Å². The van der Waals surface area contributed by atoms with Crippen LogP contribution in [0.3, 0.4) is 0 Å². The summed E-state index contributed by atoms with van der Waals surface area (Å²) in [5, 5.41) is 7.69. The Balaban J connectivity index is 1.94. The summed E-state index contributed by atoms with van der Waals surface area (Å²) < 4.78 is 1.96. The zero-order valence-corrected chi connectivity index (χ0v) is 11.7. The molecule has 5 heteroatoms. The molecular weight excluding hydrogens is 238 g/mol. The molecule has 1 N–H and O–H groups in total. The third kappa shape index (κ3) is 3.86. The molecule has 0 aromatic carbocycles. The summed E-state index contributed by atoms with van der Waals surface area (Å²) in [7, 11) is 0. The molecule has 0 saturated heterocycles. The Labute approximate surface area is 114 Å². The second-order valence-corrected chi connectivity index (χ2v) is 5.11. The van der Waals surface area contributed by atoms with Crippen molar-refractivity contribution in [1.29, 1.82) is 0 Å². The molecule has 0 aliphatic carbocycles. The third-order valence-electron chi connectivity index (χ3n) is 2.93. The molecule has 0 unspecified atom stereocenters. The van der Waals surface area contributed by atoms with Crippen molar-refractivity contribution < 1.29 is 0 Å². The maximum atomic E-state index is 4.34. The number of hydrogen-bond acceptors (Lipinski definition) is 4. The van der Waals surface area contributed by atoms with Gasteiger partial charge in [-0.1, -0.05) is 19.9 Å². The van der Waals surface area contributed by atoms with Crippen molar-refractivity contribution in [2.45, 2.75) is 39.9 Å². The Bertz CT molecular complexity index is 492. The molecule has 0 bridgehead atoms. The van der Waals surface area contributed by atoms with Gasteiger partial charge in [-0.05, 0) is 25.0 Å². The van der Waals surface area contributed by atoms with E-state index in [0.29, 0.717) is 12.5 Å². The molecule has 1 atom stereocenters. The van der Waals surface area contributed by atoms with Crippen molar-refractivity contribution >= 4 is 0 Å². The van der Waals surface area contributed by atoms with Gasteiger partial charge in [0, 0.05) is 18.8 Å². The molecule has 2 rings (SSSR count). The van der Waals surface area contributed by atoms with Gasteiger partial charge in [0.05, 0.1) is 12.2 Å². The Morgan fingerprint density at radius 1 is 1.21 bits per heavy atom. The standard InChI is InChI=1S/C14H21N5/c1-11(2)9-19-14(17-10-18-19)8-16-12(3)13-6-4-5-7-15-13/h4-7,10-12,16H,8-9H2,1-3H3/t12-/m0/s1. The summed E-state index contributed by atoms with van der Waals surface area (Å²) in [6.45, 7) is 8.05. The fraction of sp³-hybridized carbons (Fsp3) is 0.500. The average molecular weight is 259 g/mol. The summed E-state index contributed by atoms with van der Waals surface area (Å²) in [4.78, 5) is 8.65. The second-order valence-electron chi connectivity index (χ2n) is 5.11. The molecule has 2 aromatic heterocycles. The predicted molar refractivity (Wildman–Crippen MR) is 74.4 cm³/mol. The molecule has 2 heterocycles. The highest BCUT2D eigenvalue weighted by atomic mass is 15.3. The highest BCUT2D eigenvalue weighted by Gasteiger charge is 2.09. The lowest BCUT2D eigenvalue weighted by molar-refractivity contribution is 0.448. The van der Waals surface area contributed by atoms with Gasteiger partial charge in [-0.3, -0.25) is 4.98 Å². The number of aromatic nitrogens is 4. The van der Waals surface area contributed by atoms with E-state index in [0.717, 1.165) is 18.1 Å². The molecule has 0 radical (unpaired) electrons. The van der Waals surface area contributed by atoms with Crippen LogP contribution in [-0.4, -0.2) is 19.7 Å². The van der Waals surface area contributed by atoms with Gasteiger partial charge >= 0.3 is 0 Å². The van der Waals surface area contributed by atoms with Crippen molar-refractivity contribution in [3.8, 4) is 0 Å². The highest BCUT2D eigenvalue weighted by molar-refractivity contribution is 5.07. The normalized spacial score (nSPS) is 12.8. The van der Waals surface area contributed by atoms with Crippen molar-refractivity contribution in [1.82, 2.24) is 25.1 Å². The average Bonchev–Trinajstić information content (AvgIpc) is 2.83. The highest BCUT2D eigenvalue weighted by Crippen LogP contribution is 2.09. The first-order chi connectivity index (χ1) is 9.16. The minimum absolute atomic E-state index is 0.199. The van der Waals surface area contributed by atoms with Gasteiger partial charge in [0.2, 0.25) is 0 Å². The lowest BCUT2D eigenvalue weighted by atomic mass is 10.2. The molecule has 0 aliphatic rings. The number of rotatable bonds is 6. The number of pyridine rings is 1. The van der Waals surface area contributed by atoms with Crippen LogP contribution in [0.5, 0.6) is 0 Å². The molecule has 19 heavy (non-hydrogen) atoms. The Morgan fingerprint density at radius 2 is 2.05 bits per heavy atom. The van der Waals surface area contributed by atoms with Gasteiger partial charge in [-0.2, -0.15) is 5.10 Å². The first-order valence-corrected chi connectivity index (χ1v) is 6.68. The number of hydrogen-bond donors (Lipinski definition) is 1. The van der Waals surface area contributed by atoms with E-state index in [2.05, 4.69) is 41.2 Å². The zero-order valence-electron chi connectivity index (χ0n) is 11.7. The van der Waals surface area contributed by atoms with Gasteiger partial charge in [0.15, 0.2) is 0 Å². The largest absolute Gasteiger partial charge is 0.302 e. The van der Waals surface area contributed by atoms with E-state index in [4.69, 9.17) is 0 Å². The molecule has 2 aromatic rings. The van der Waals surface area contributed by atoms with Crippen LogP contribution in [0.2, 0.25) is 0 Å². The quantitative estimate of drug-likeness (QED) is 0.864. The minimum Gasteiger partial charge on any atom is -0.302 e. The van der Waals surface area contributed by atoms with Crippen LogP contribution in [0.4, 0.5) is 0 Å². The van der Waals surface area contributed by atoms with E-state index < -0.39 is 0 Å². The third-order valence-corrected chi connectivity index (χ3v) is 2.93. The zero-order chi connectivity index (χ0) is 13.7. The number of nitrogens with zero attached hydrogens (tertiary/aromatic N) is 4. The van der Waals surface area contributed by atoms with Crippen molar-refractivity contribution in [3.05, 3.63) is 42.2 Å². The van der Waals surface area contributed by atoms with Gasteiger partial charge in [-0.15, -0.1) is 0 Å². The topological polar surface area (TPSA) is 55.6 Å². The Kier molecular flexibility index (Phi) is 4.63. The smallest absolute Gasteiger partial charge is 0.140 e. The first-order valence-electron chi connectivity index (χ1n) is 6.68. The van der Waals surface area contributed by atoms with Crippen LogP contribution in [-0.2, 0) is 13.1 Å². The van der Waals surface area contributed by atoms with E-state index in [1.165, 1.54) is 0 Å². The summed E-state index contributed by atoms with van der Waals surface area (Å²) in [6.07, 6.45) is 3.43. The lowest BCUT2D eigenvalue weighted by Crippen LogP contribution is -2.22. The van der Waals surface area contributed by atoms with E-state index in [-0.39, 0.29) is 6.04 Å². The van der Waals surface area contributed by atoms with Gasteiger partial charge in [-0.25, -0.2) is 9.67 Å². The van der Waals surface area contributed by atoms with Gasteiger partial charge < -0.3 is 5.32 Å².